The number of benzene rings is 1. The van der Waals surface area contributed by atoms with Crippen molar-refractivity contribution >= 4 is 11.4 Å². The van der Waals surface area contributed by atoms with Crippen molar-refractivity contribution in [3.63, 3.8) is 0 Å². The van der Waals surface area contributed by atoms with Crippen molar-refractivity contribution < 1.29 is 0 Å². The highest BCUT2D eigenvalue weighted by Crippen LogP contribution is 2.21. The highest BCUT2D eigenvalue weighted by atomic mass is 14.6. The van der Waals surface area contributed by atoms with Crippen LogP contribution in [0.2, 0.25) is 0 Å². The molecule has 2 nitrogen and oxygen atoms in total. The van der Waals surface area contributed by atoms with Crippen LogP contribution in [-0.4, -0.2) is 0 Å². The SMILES string of the molecule is CCCc1cc(N)cc(C)c1N. The minimum absolute atomic E-state index is 0.810. The average Bonchev–Trinajstić information content (AvgIpc) is 2.00. The molecule has 0 saturated carbocycles. The Hall–Kier alpha value is -1.18. The molecule has 2 heteroatoms. The van der Waals surface area contributed by atoms with Gasteiger partial charge in [-0.2, -0.15) is 0 Å². The zero-order chi connectivity index (χ0) is 9.14. The van der Waals surface area contributed by atoms with Gasteiger partial charge in [-0.1, -0.05) is 13.3 Å². The van der Waals surface area contributed by atoms with Crippen molar-refractivity contribution in [2.75, 3.05) is 11.5 Å². The van der Waals surface area contributed by atoms with E-state index in [1.54, 1.807) is 0 Å². The third kappa shape index (κ3) is 1.70. The molecule has 0 bridgehead atoms. The van der Waals surface area contributed by atoms with Gasteiger partial charge in [-0.15, -0.1) is 0 Å². The van der Waals surface area contributed by atoms with Gasteiger partial charge in [0.1, 0.15) is 0 Å². The van der Waals surface area contributed by atoms with Crippen molar-refractivity contribution in [3.05, 3.63) is 23.3 Å². The number of aryl methyl sites for hydroxylation is 2. The van der Waals surface area contributed by atoms with Gasteiger partial charge in [0.25, 0.3) is 0 Å². The zero-order valence-corrected chi connectivity index (χ0v) is 7.72. The Morgan fingerprint density at radius 3 is 2.50 bits per heavy atom. The van der Waals surface area contributed by atoms with Crippen molar-refractivity contribution in [1.29, 1.82) is 0 Å². The molecular weight excluding hydrogens is 148 g/mol. The fourth-order valence-electron chi connectivity index (χ4n) is 1.38. The number of rotatable bonds is 2. The molecule has 12 heavy (non-hydrogen) atoms. The third-order valence-corrected chi connectivity index (χ3v) is 2.01. The van der Waals surface area contributed by atoms with E-state index in [9.17, 15) is 0 Å². The molecule has 0 atom stereocenters. The molecule has 0 aromatic heterocycles. The molecule has 0 aliphatic heterocycles. The molecule has 1 rings (SSSR count). The van der Waals surface area contributed by atoms with Gasteiger partial charge in [0.15, 0.2) is 0 Å². The van der Waals surface area contributed by atoms with Gasteiger partial charge in [-0.05, 0) is 36.6 Å². The lowest BCUT2D eigenvalue weighted by Crippen LogP contribution is -1.99. The molecule has 1 aromatic rings. The smallest absolute Gasteiger partial charge is 0.0377 e. The molecule has 66 valence electrons. The van der Waals surface area contributed by atoms with Gasteiger partial charge >= 0.3 is 0 Å². The van der Waals surface area contributed by atoms with Crippen molar-refractivity contribution in [3.8, 4) is 0 Å². The lowest BCUT2D eigenvalue weighted by molar-refractivity contribution is 0.923. The van der Waals surface area contributed by atoms with Gasteiger partial charge in [-0.3, -0.25) is 0 Å². The van der Waals surface area contributed by atoms with Crippen LogP contribution in [0, 0.1) is 6.92 Å². The summed E-state index contributed by atoms with van der Waals surface area (Å²) in [6, 6.07) is 3.88. The van der Waals surface area contributed by atoms with Gasteiger partial charge in [0.2, 0.25) is 0 Å². The molecule has 1 aromatic carbocycles. The number of hydrogen-bond acceptors (Lipinski definition) is 2. The molecule has 0 spiro atoms. The predicted molar refractivity (Wildman–Crippen MR) is 54.0 cm³/mol. The Morgan fingerprint density at radius 2 is 1.92 bits per heavy atom. The van der Waals surface area contributed by atoms with Gasteiger partial charge in [0, 0.05) is 11.4 Å². The summed E-state index contributed by atoms with van der Waals surface area (Å²) in [7, 11) is 0. The Kier molecular flexibility index (Phi) is 2.58. The van der Waals surface area contributed by atoms with Crippen LogP contribution >= 0.6 is 0 Å². The first-order chi connectivity index (χ1) is 5.65. The van der Waals surface area contributed by atoms with E-state index in [0.29, 0.717) is 0 Å². The van der Waals surface area contributed by atoms with E-state index >= 15 is 0 Å². The summed E-state index contributed by atoms with van der Waals surface area (Å²) in [5, 5.41) is 0. The van der Waals surface area contributed by atoms with E-state index in [-0.39, 0.29) is 0 Å². The van der Waals surface area contributed by atoms with E-state index in [4.69, 9.17) is 11.5 Å². The number of hydrogen-bond donors (Lipinski definition) is 2. The van der Waals surface area contributed by atoms with Gasteiger partial charge in [-0.25, -0.2) is 0 Å². The maximum absolute atomic E-state index is 5.88. The van der Waals surface area contributed by atoms with Crippen LogP contribution in [-0.2, 0) is 6.42 Å². The maximum atomic E-state index is 5.88. The molecule has 0 saturated heterocycles. The highest BCUT2D eigenvalue weighted by Gasteiger charge is 2.02. The lowest BCUT2D eigenvalue weighted by Gasteiger charge is -2.08. The van der Waals surface area contributed by atoms with E-state index in [0.717, 1.165) is 29.8 Å². The van der Waals surface area contributed by atoms with Crippen LogP contribution in [0.3, 0.4) is 0 Å². The van der Waals surface area contributed by atoms with Crippen LogP contribution in [0.25, 0.3) is 0 Å². The van der Waals surface area contributed by atoms with Crippen LogP contribution < -0.4 is 11.5 Å². The second kappa shape index (κ2) is 3.48. The molecule has 0 aliphatic rings. The molecular formula is C10H16N2. The van der Waals surface area contributed by atoms with Gasteiger partial charge < -0.3 is 11.5 Å². The number of nitrogens with two attached hydrogens (primary N) is 2. The zero-order valence-electron chi connectivity index (χ0n) is 7.72. The number of nitrogen functional groups attached to an aromatic ring is 2. The van der Waals surface area contributed by atoms with Crippen LogP contribution in [0.15, 0.2) is 12.1 Å². The first-order valence-corrected chi connectivity index (χ1v) is 4.29. The average molecular weight is 164 g/mol. The third-order valence-electron chi connectivity index (χ3n) is 2.01. The minimum atomic E-state index is 0.810. The highest BCUT2D eigenvalue weighted by molar-refractivity contribution is 5.60. The second-order valence-electron chi connectivity index (χ2n) is 3.16. The Labute approximate surface area is 73.6 Å². The van der Waals surface area contributed by atoms with E-state index < -0.39 is 0 Å². The largest absolute Gasteiger partial charge is 0.399 e. The predicted octanol–water partition coefficient (Wildman–Crippen LogP) is 2.11. The first kappa shape index (κ1) is 8.91. The van der Waals surface area contributed by atoms with Crippen LogP contribution in [0.1, 0.15) is 24.5 Å². The fourth-order valence-corrected chi connectivity index (χ4v) is 1.38. The molecule has 0 unspecified atom stereocenters. The fraction of sp³-hybridized carbons (Fsp3) is 0.400. The molecule has 0 amide bonds. The second-order valence-corrected chi connectivity index (χ2v) is 3.16. The Morgan fingerprint density at radius 1 is 1.25 bits per heavy atom. The number of anilines is 2. The quantitative estimate of drug-likeness (QED) is 0.658. The Bertz CT molecular complexity index is 279. The van der Waals surface area contributed by atoms with Crippen molar-refractivity contribution in [2.45, 2.75) is 26.7 Å². The Balaban J connectivity index is 3.09. The minimum Gasteiger partial charge on any atom is -0.399 e. The monoisotopic (exact) mass is 164 g/mol. The summed E-state index contributed by atoms with van der Waals surface area (Å²) in [6.45, 7) is 4.13. The summed E-state index contributed by atoms with van der Waals surface area (Å²) < 4.78 is 0. The standard InChI is InChI=1S/C10H16N2/c1-3-4-8-6-9(11)5-7(2)10(8)12/h5-6H,3-4,11-12H2,1-2H3. The van der Waals surface area contributed by atoms with E-state index in [1.165, 1.54) is 5.56 Å². The summed E-state index contributed by atoms with van der Waals surface area (Å²) in [5.74, 6) is 0. The first-order valence-electron chi connectivity index (χ1n) is 4.29. The van der Waals surface area contributed by atoms with Crippen LogP contribution in [0.4, 0.5) is 11.4 Å². The summed E-state index contributed by atoms with van der Waals surface area (Å²) in [6.07, 6.45) is 2.12. The van der Waals surface area contributed by atoms with E-state index in [2.05, 4.69) is 6.92 Å². The summed E-state index contributed by atoms with van der Waals surface area (Å²) >= 11 is 0. The van der Waals surface area contributed by atoms with Gasteiger partial charge in [0.05, 0.1) is 0 Å². The molecule has 0 fully saturated rings. The van der Waals surface area contributed by atoms with Crippen molar-refractivity contribution in [1.82, 2.24) is 0 Å². The molecule has 0 aliphatic carbocycles. The van der Waals surface area contributed by atoms with Crippen molar-refractivity contribution in [2.24, 2.45) is 0 Å². The summed E-state index contributed by atoms with van der Waals surface area (Å²) in [4.78, 5) is 0. The molecule has 0 heterocycles. The molecule has 4 N–H and O–H groups in total. The maximum Gasteiger partial charge on any atom is 0.0377 e. The van der Waals surface area contributed by atoms with Crippen LogP contribution in [0.5, 0.6) is 0 Å². The topological polar surface area (TPSA) is 52.0 Å². The lowest BCUT2D eigenvalue weighted by atomic mass is 10.0. The summed E-state index contributed by atoms with van der Waals surface area (Å²) in [5.41, 5.74) is 15.5. The molecule has 0 radical (unpaired) electrons. The van der Waals surface area contributed by atoms with E-state index in [1.807, 2.05) is 19.1 Å². The normalized spacial score (nSPS) is 10.2.